The van der Waals surface area contributed by atoms with Crippen LogP contribution in [0.3, 0.4) is 0 Å². The number of para-hydroxylation sites is 1. The van der Waals surface area contributed by atoms with Gasteiger partial charge in [-0.25, -0.2) is 4.90 Å². The Kier molecular flexibility index (Phi) is 3.13. The van der Waals surface area contributed by atoms with Gasteiger partial charge in [0.1, 0.15) is 5.75 Å². The molecule has 2 aromatic carbocycles. The second kappa shape index (κ2) is 5.34. The largest absolute Gasteiger partial charge is 0.472 e. The lowest BCUT2D eigenvalue weighted by Gasteiger charge is -2.63. The molecular formula is C23H25NO2. The third kappa shape index (κ3) is 1.80. The van der Waals surface area contributed by atoms with Gasteiger partial charge in [0.25, 0.3) is 0 Å². The predicted molar refractivity (Wildman–Crippen MR) is 99.9 cm³/mol. The molecule has 2 saturated heterocycles. The first-order valence-electron chi connectivity index (χ1n) is 10.1. The monoisotopic (exact) mass is 347 g/mol. The van der Waals surface area contributed by atoms with E-state index in [-0.39, 0.29) is 11.4 Å². The van der Waals surface area contributed by atoms with Crippen LogP contribution >= 0.6 is 0 Å². The first-order chi connectivity index (χ1) is 12.8. The van der Waals surface area contributed by atoms with E-state index in [0.29, 0.717) is 11.8 Å². The molecule has 2 aromatic rings. The van der Waals surface area contributed by atoms with E-state index in [0.717, 1.165) is 31.7 Å². The van der Waals surface area contributed by atoms with E-state index in [9.17, 15) is 0 Å². The number of rotatable bonds is 1. The molecule has 3 heteroatoms. The van der Waals surface area contributed by atoms with Crippen LogP contribution in [0.15, 0.2) is 54.6 Å². The van der Waals surface area contributed by atoms with Crippen molar-refractivity contribution in [1.82, 2.24) is 4.90 Å². The Bertz CT molecular complexity index is 837. The summed E-state index contributed by atoms with van der Waals surface area (Å²) < 4.78 is 13.5. The van der Waals surface area contributed by atoms with Gasteiger partial charge >= 0.3 is 0 Å². The van der Waals surface area contributed by atoms with Crippen LogP contribution in [0.2, 0.25) is 0 Å². The van der Waals surface area contributed by atoms with Crippen molar-refractivity contribution in [1.29, 1.82) is 0 Å². The second-order valence-electron chi connectivity index (χ2n) is 8.30. The van der Waals surface area contributed by atoms with Gasteiger partial charge in [-0.2, -0.15) is 0 Å². The fraction of sp³-hybridized carbons (Fsp3) is 0.478. The number of piperidine rings is 1. The number of hydrogen-bond donors (Lipinski definition) is 0. The van der Waals surface area contributed by atoms with E-state index >= 15 is 0 Å². The van der Waals surface area contributed by atoms with Gasteiger partial charge in [-0.05, 0) is 30.4 Å². The molecule has 26 heavy (non-hydrogen) atoms. The molecule has 3 heterocycles. The predicted octanol–water partition coefficient (Wildman–Crippen LogP) is 4.64. The molecule has 1 spiro atoms. The minimum atomic E-state index is -0.316. The van der Waals surface area contributed by atoms with Crippen LogP contribution in [0.5, 0.6) is 5.75 Å². The molecule has 0 radical (unpaired) electrons. The van der Waals surface area contributed by atoms with E-state index in [1.807, 2.05) is 0 Å². The summed E-state index contributed by atoms with van der Waals surface area (Å²) in [5, 5.41) is 0. The molecule has 4 aliphatic rings. The molecular weight excluding hydrogens is 322 g/mol. The van der Waals surface area contributed by atoms with E-state index in [1.165, 1.54) is 30.4 Å². The average molecular weight is 347 g/mol. The fourth-order valence-corrected chi connectivity index (χ4v) is 6.31. The molecule has 6 rings (SSSR count). The van der Waals surface area contributed by atoms with Crippen molar-refractivity contribution >= 4 is 0 Å². The van der Waals surface area contributed by atoms with Crippen molar-refractivity contribution in [3.05, 3.63) is 65.7 Å². The zero-order valence-corrected chi connectivity index (χ0v) is 15.1. The normalized spacial score (nSPS) is 38.0. The summed E-state index contributed by atoms with van der Waals surface area (Å²) in [6.45, 7) is 1.78. The maximum atomic E-state index is 6.90. The van der Waals surface area contributed by atoms with Crippen molar-refractivity contribution in [3.63, 3.8) is 0 Å². The molecule has 3 nitrogen and oxygen atoms in total. The molecule has 3 aliphatic heterocycles. The summed E-state index contributed by atoms with van der Waals surface area (Å²) >= 11 is 0. The highest BCUT2D eigenvalue weighted by Gasteiger charge is 2.67. The highest BCUT2D eigenvalue weighted by atomic mass is 16.6. The minimum Gasteiger partial charge on any atom is -0.472 e. The lowest BCUT2D eigenvalue weighted by atomic mass is 9.62. The molecule has 1 aliphatic carbocycles. The van der Waals surface area contributed by atoms with E-state index in [4.69, 9.17) is 9.47 Å². The molecule has 134 valence electrons. The quantitative estimate of drug-likeness (QED) is 0.750. The van der Waals surface area contributed by atoms with Gasteiger partial charge in [0.15, 0.2) is 11.4 Å². The molecule has 0 N–H and O–H groups in total. The lowest BCUT2D eigenvalue weighted by Crippen LogP contribution is -2.71. The topological polar surface area (TPSA) is 21.7 Å². The Morgan fingerprint density at radius 3 is 2.73 bits per heavy atom. The SMILES string of the molecule is c1ccc([C@@H]2C[C@@]34OCCN3[C@@]3(CCCC[C@H]23)Oc2ccccc24)cc1. The van der Waals surface area contributed by atoms with Crippen LogP contribution in [0, 0.1) is 5.92 Å². The van der Waals surface area contributed by atoms with E-state index in [1.54, 1.807) is 0 Å². The number of hydrogen-bond acceptors (Lipinski definition) is 3. The second-order valence-corrected chi connectivity index (χ2v) is 8.30. The van der Waals surface area contributed by atoms with Crippen LogP contribution in [0.4, 0.5) is 0 Å². The fourth-order valence-electron chi connectivity index (χ4n) is 6.31. The number of benzene rings is 2. The highest BCUT2D eigenvalue weighted by molar-refractivity contribution is 5.44. The van der Waals surface area contributed by atoms with Crippen molar-refractivity contribution < 1.29 is 9.47 Å². The summed E-state index contributed by atoms with van der Waals surface area (Å²) in [5.41, 5.74) is 2.15. The Hall–Kier alpha value is -1.84. The highest BCUT2D eigenvalue weighted by Crippen LogP contribution is 2.64. The molecule has 1 saturated carbocycles. The van der Waals surface area contributed by atoms with E-state index < -0.39 is 0 Å². The van der Waals surface area contributed by atoms with Crippen molar-refractivity contribution in [2.75, 3.05) is 13.2 Å². The minimum absolute atomic E-state index is 0.206. The van der Waals surface area contributed by atoms with Crippen LogP contribution in [0.25, 0.3) is 0 Å². The van der Waals surface area contributed by atoms with Crippen LogP contribution in [0.1, 0.15) is 49.1 Å². The smallest absolute Gasteiger partial charge is 0.169 e. The molecule has 0 unspecified atom stereocenters. The molecule has 3 fully saturated rings. The Balaban J connectivity index is 1.59. The molecule has 2 bridgehead atoms. The standard InChI is InChI=1S/C23H25NO2/c1-2-8-17(9-3-1)18-16-23-20-11-4-5-12-21(20)26-22(24(23)14-15-25-23)13-7-6-10-19(18)22/h1-5,8-9,11-12,18-19H,6-7,10,13-16H2/t18-,19+,22-,23-/m0/s1. The summed E-state index contributed by atoms with van der Waals surface area (Å²) in [4.78, 5) is 2.60. The first-order valence-corrected chi connectivity index (χ1v) is 10.1. The number of nitrogens with zero attached hydrogens (tertiary/aromatic N) is 1. The van der Waals surface area contributed by atoms with Gasteiger partial charge in [0.2, 0.25) is 0 Å². The lowest BCUT2D eigenvalue weighted by molar-refractivity contribution is -0.281. The Labute approximate surface area is 154 Å². The van der Waals surface area contributed by atoms with Gasteiger partial charge in [-0.3, -0.25) is 0 Å². The maximum Gasteiger partial charge on any atom is 0.169 e. The molecule has 0 aromatic heterocycles. The van der Waals surface area contributed by atoms with Gasteiger partial charge in [0, 0.05) is 30.9 Å². The van der Waals surface area contributed by atoms with Gasteiger partial charge in [0.05, 0.1) is 6.61 Å². The Morgan fingerprint density at radius 2 is 1.81 bits per heavy atom. The van der Waals surface area contributed by atoms with Gasteiger partial charge < -0.3 is 9.47 Å². The number of ether oxygens (including phenoxy) is 2. The third-order valence-electron chi connectivity index (χ3n) is 7.23. The van der Waals surface area contributed by atoms with E-state index in [2.05, 4.69) is 59.5 Å². The molecule has 0 amide bonds. The average Bonchev–Trinajstić information content (AvgIpc) is 3.15. The van der Waals surface area contributed by atoms with Gasteiger partial charge in [-0.1, -0.05) is 55.0 Å². The summed E-state index contributed by atoms with van der Waals surface area (Å²) in [6, 6.07) is 19.7. The summed E-state index contributed by atoms with van der Waals surface area (Å²) in [5.74, 6) is 2.06. The zero-order valence-electron chi connectivity index (χ0n) is 15.1. The molecule has 4 atom stereocenters. The van der Waals surface area contributed by atoms with Crippen molar-refractivity contribution in [3.8, 4) is 5.75 Å². The van der Waals surface area contributed by atoms with Crippen LogP contribution in [-0.4, -0.2) is 23.8 Å². The maximum absolute atomic E-state index is 6.90. The Morgan fingerprint density at radius 1 is 0.962 bits per heavy atom. The van der Waals surface area contributed by atoms with Crippen molar-refractivity contribution in [2.24, 2.45) is 5.92 Å². The number of fused-ring (bicyclic) bond motifs is 1. The third-order valence-corrected chi connectivity index (χ3v) is 7.23. The van der Waals surface area contributed by atoms with Crippen LogP contribution < -0.4 is 4.74 Å². The van der Waals surface area contributed by atoms with Crippen molar-refractivity contribution in [2.45, 2.75) is 49.5 Å². The first kappa shape index (κ1) is 15.2. The summed E-state index contributed by atoms with van der Waals surface area (Å²) in [6.07, 6.45) is 5.94. The van der Waals surface area contributed by atoms with Gasteiger partial charge in [-0.15, -0.1) is 0 Å². The zero-order chi connectivity index (χ0) is 17.2. The summed E-state index contributed by atoms with van der Waals surface area (Å²) in [7, 11) is 0. The van der Waals surface area contributed by atoms with Crippen LogP contribution in [-0.2, 0) is 10.5 Å².